The number of Topliss-reactive ketones (excluding diaryl/α,β-unsaturated/α-hetero) is 1. The maximum absolute atomic E-state index is 14.0. The van der Waals surface area contributed by atoms with Gasteiger partial charge in [0.2, 0.25) is 0 Å². The fraction of sp³-hybridized carbons (Fsp3) is 0.630. The van der Waals surface area contributed by atoms with Crippen molar-refractivity contribution in [3.05, 3.63) is 46.5 Å². The number of allylic oxidation sites excluding steroid dienone is 2. The third-order valence-corrected chi connectivity index (χ3v) is 17.9. The first-order valence-electron chi connectivity index (χ1n) is 12.0. The Bertz CT molecular complexity index is 1120. The highest BCUT2D eigenvalue weighted by Crippen LogP contribution is 3.00. The minimum absolute atomic E-state index is 0.0389. The Kier molecular flexibility index (Phi) is 4.00. The summed E-state index contributed by atoms with van der Waals surface area (Å²) >= 11 is 0. The third-order valence-electron chi connectivity index (χ3n) is 8.89. The van der Waals surface area contributed by atoms with Gasteiger partial charge in [-0.1, -0.05) is 76.5 Å². The van der Waals surface area contributed by atoms with Gasteiger partial charge >= 0.3 is 0 Å². The number of carbonyl (C=O) groups is 1. The molecule has 1 saturated carbocycles. The van der Waals surface area contributed by atoms with Gasteiger partial charge in [0, 0.05) is 24.1 Å². The molecule has 4 fully saturated rings. The van der Waals surface area contributed by atoms with E-state index in [0.29, 0.717) is 17.6 Å². The minimum atomic E-state index is -0.850. The average molecular weight is 468 g/mol. The van der Waals surface area contributed by atoms with Gasteiger partial charge in [0.05, 0.1) is 11.3 Å². The van der Waals surface area contributed by atoms with Crippen molar-refractivity contribution < 1.29 is 9.63 Å². The van der Waals surface area contributed by atoms with Crippen molar-refractivity contribution >= 4 is 27.1 Å². The zero-order valence-electron chi connectivity index (χ0n) is 20.8. The lowest BCUT2D eigenvalue weighted by molar-refractivity contribution is -0.119. The molecule has 1 aromatic carbocycles. The van der Waals surface area contributed by atoms with Crippen molar-refractivity contribution in [2.24, 2.45) is 27.8 Å². The molecule has 0 N–H and O–H groups in total. The molecule has 32 heavy (non-hydrogen) atoms. The number of rotatable bonds is 1. The van der Waals surface area contributed by atoms with Crippen LogP contribution < -0.4 is 0 Å². The largest absolute Gasteiger partial charge is 0.379 e. The van der Waals surface area contributed by atoms with Crippen LogP contribution in [0.25, 0.3) is 0 Å². The van der Waals surface area contributed by atoms with Crippen LogP contribution in [-0.4, -0.2) is 32.8 Å². The standard InChI is InChI=1S/C27H35NO2P2/c1-14-12-15(2)19(16(3)13-14)23-28-30-27(25(7,8)9)31(23)22-20-17-10-11-18(21(22)29)32(27)26(17,20)24(4,5)6/h10-13,17-18,20,22H,1-9H3/t17-,18?,20-,22-,26-,27-,31?,32?/m0/s1. The Morgan fingerprint density at radius 1 is 0.969 bits per heavy atom. The summed E-state index contributed by atoms with van der Waals surface area (Å²) in [4.78, 5) is 20.9. The molecule has 5 heteroatoms. The molecule has 7 rings (SSSR count). The van der Waals surface area contributed by atoms with Gasteiger partial charge in [0.15, 0.2) is 10.9 Å². The highest BCUT2D eigenvalue weighted by atomic mass is 31.2. The third kappa shape index (κ3) is 2.09. The molecule has 3 unspecified atom stereocenters. The Balaban J connectivity index is 1.62. The summed E-state index contributed by atoms with van der Waals surface area (Å²) in [6.45, 7) is 20.8. The molecular formula is C27H35NO2P2. The maximum atomic E-state index is 14.0. The van der Waals surface area contributed by atoms with Gasteiger partial charge in [0.25, 0.3) is 0 Å². The molecule has 3 saturated heterocycles. The number of nitrogens with zero attached hydrogens (tertiary/aromatic N) is 1. The SMILES string of the molecule is Cc1cc(C)c(C2=NO[C@@]3(C(C)(C)C)P2[C@@H]2C(=O)C4C=C[C@H]5[C@@H]2[C@@]5(C(C)(C)C)P43)c(C)c1. The summed E-state index contributed by atoms with van der Waals surface area (Å²) in [5.41, 5.74) is 6.34. The molecule has 0 aromatic heterocycles. The van der Waals surface area contributed by atoms with E-state index in [1.54, 1.807) is 0 Å². The summed E-state index contributed by atoms with van der Waals surface area (Å²) in [6.07, 6.45) is 4.71. The van der Waals surface area contributed by atoms with Crippen LogP contribution in [0, 0.1) is 43.4 Å². The molecule has 1 aliphatic carbocycles. The number of carbonyl (C=O) groups excluding carboxylic acids is 1. The van der Waals surface area contributed by atoms with Crippen molar-refractivity contribution in [1.29, 1.82) is 0 Å². The molecule has 6 aliphatic rings. The van der Waals surface area contributed by atoms with Crippen molar-refractivity contribution in [2.75, 3.05) is 0 Å². The van der Waals surface area contributed by atoms with E-state index in [4.69, 9.17) is 9.99 Å². The lowest BCUT2D eigenvalue weighted by Gasteiger charge is -2.64. The number of benzene rings is 1. The summed E-state index contributed by atoms with van der Waals surface area (Å²) in [6, 6.07) is 4.52. The normalized spacial score (nSPS) is 43.2. The molecule has 170 valence electrons. The highest BCUT2D eigenvalue weighted by Gasteiger charge is 2.91. The first-order valence-corrected chi connectivity index (χ1v) is 14.8. The van der Waals surface area contributed by atoms with Gasteiger partial charge in [-0.3, -0.25) is 4.79 Å². The predicted octanol–water partition coefficient (Wildman–Crippen LogP) is 6.90. The van der Waals surface area contributed by atoms with Gasteiger partial charge in [-0.05, 0) is 57.1 Å². The van der Waals surface area contributed by atoms with E-state index in [9.17, 15) is 4.79 Å². The van der Waals surface area contributed by atoms with Crippen LogP contribution in [0.1, 0.15) is 63.8 Å². The van der Waals surface area contributed by atoms with Crippen molar-refractivity contribution in [3.8, 4) is 0 Å². The number of oxime groups is 1. The van der Waals surface area contributed by atoms with E-state index in [1.807, 2.05) is 0 Å². The highest BCUT2D eigenvalue weighted by molar-refractivity contribution is 7.91. The second kappa shape index (κ2) is 5.95. The molecule has 0 radical (unpaired) electrons. The van der Waals surface area contributed by atoms with Crippen LogP contribution >= 0.6 is 15.8 Å². The fourth-order valence-corrected chi connectivity index (χ4v) is 19.1. The van der Waals surface area contributed by atoms with E-state index in [1.165, 1.54) is 22.3 Å². The van der Waals surface area contributed by atoms with Crippen LogP contribution in [0.3, 0.4) is 0 Å². The van der Waals surface area contributed by atoms with Gasteiger partial charge in [-0.15, -0.1) is 0 Å². The molecule has 4 bridgehead atoms. The smallest absolute Gasteiger partial charge is 0.185 e. The van der Waals surface area contributed by atoms with Gasteiger partial charge in [-0.2, -0.15) is 0 Å². The van der Waals surface area contributed by atoms with E-state index < -0.39 is 15.8 Å². The van der Waals surface area contributed by atoms with Crippen LogP contribution in [0.15, 0.2) is 29.4 Å². The fourth-order valence-electron chi connectivity index (χ4n) is 8.03. The van der Waals surface area contributed by atoms with Crippen molar-refractivity contribution in [2.45, 2.75) is 83.9 Å². The zero-order chi connectivity index (χ0) is 23.2. The van der Waals surface area contributed by atoms with Crippen LogP contribution in [-0.2, 0) is 9.63 Å². The number of hydrogen-bond acceptors (Lipinski definition) is 3. The first-order chi connectivity index (χ1) is 14.8. The van der Waals surface area contributed by atoms with Crippen LogP contribution in [0.5, 0.6) is 0 Å². The molecule has 1 aromatic rings. The number of aryl methyl sites for hydroxylation is 3. The Morgan fingerprint density at radius 3 is 2.16 bits per heavy atom. The van der Waals surface area contributed by atoms with Crippen LogP contribution in [0.4, 0.5) is 0 Å². The number of ketones is 1. The van der Waals surface area contributed by atoms with Crippen molar-refractivity contribution in [3.63, 3.8) is 0 Å². The quantitative estimate of drug-likeness (QED) is 0.333. The van der Waals surface area contributed by atoms with Gasteiger partial charge in [-0.25, -0.2) is 0 Å². The second-order valence-corrected chi connectivity index (χ2v) is 18.1. The Morgan fingerprint density at radius 2 is 1.59 bits per heavy atom. The molecule has 0 spiro atoms. The molecule has 5 heterocycles. The maximum Gasteiger partial charge on any atom is 0.185 e. The molecule has 3 nitrogen and oxygen atoms in total. The van der Waals surface area contributed by atoms with Crippen molar-refractivity contribution in [1.82, 2.24) is 0 Å². The van der Waals surface area contributed by atoms with Gasteiger partial charge < -0.3 is 4.84 Å². The monoisotopic (exact) mass is 467 g/mol. The van der Waals surface area contributed by atoms with E-state index in [2.05, 4.69) is 86.6 Å². The van der Waals surface area contributed by atoms with E-state index in [0.717, 1.165) is 5.45 Å². The Hall–Kier alpha value is -1.04. The molecule has 8 atom stereocenters. The van der Waals surface area contributed by atoms with Crippen LogP contribution in [0.2, 0.25) is 0 Å². The molecular weight excluding hydrogens is 432 g/mol. The molecule has 0 amide bonds. The summed E-state index contributed by atoms with van der Waals surface area (Å²) in [5, 5.41) is 4.83. The predicted molar refractivity (Wildman–Crippen MR) is 135 cm³/mol. The number of hydrogen-bond donors (Lipinski definition) is 0. The van der Waals surface area contributed by atoms with E-state index >= 15 is 0 Å². The lowest BCUT2D eigenvalue weighted by atomic mass is 9.85. The zero-order valence-corrected chi connectivity index (χ0v) is 22.6. The van der Waals surface area contributed by atoms with Gasteiger partial charge in [0.1, 0.15) is 5.45 Å². The topological polar surface area (TPSA) is 38.7 Å². The summed E-state index contributed by atoms with van der Waals surface area (Å²) < 4.78 is 0. The van der Waals surface area contributed by atoms with E-state index in [-0.39, 0.29) is 32.4 Å². The minimum Gasteiger partial charge on any atom is -0.379 e. The summed E-state index contributed by atoms with van der Waals surface area (Å²) in [5.74, 6) is 1.50. The lowest BCUT2D eigenvalue weighted by Crippen LogP contribution is -2.61. The molecule has 5 aliphatic heterocycles. The Labute approximate surface area is 195 Å². The average Bonchev–Trinajstić information content (AvgIpc) is 3.23. The summed E-state index contributed by atoms with van der Waals surface area (Å²) in [7, 11) is -1.57. The second-order valence-electron chi connectivity index (χ2n) is 12.7. The first kappa shape index (κ1) is 21.5.